The summed E-state index contributed by atoms with van der Waals surface area (Å²) in [6.45, 7) is 5.02. The van der Waals surface area contributed by atoms with Crippen molar-refractivity contribution in [2.75, 3.05) is 13.1 Å². The number of imidazole rings is 1. The Balaban J connectivity index is 1.54. The maximum atomic E-state index is 4.71. The third-order valence-corrected chi connectivity index (χ3v) is 5.03. The van der Waals surface area contributed by atoms with E-state index in [9.17, 15) is 0 Å². The first-order valence-electron chi connectivity index (χ1n) is 8.22. The number of rotatable bonds is 4. The molecule has 1 aliphatic rings. The summed E-state index contributed by atoms with van der Waals surface area (Å²) in [5, 5.41) is 2.13. The van der Waals surface area contributed by atoms with Crippen LogP contribution in [0.4, 0.5) is 0 Å². The Kier molecular flexibility index (Phi) is 4.36. The Morgan fingerprint density at radius 2 is 2.29 bits per heavy atom. The van der Waals surface area contributed by atoms with Crippen LogP contribution in [-0.4, -0.2) is 42.9 Å². The third-order valence-electron chi connectivity index (χ3n) is 4.39. The van der Waals surface area contributed by atoms with Crippen LogP contribution in [0.15, 0.2) is 29.4 Å². The number of aromatic amines is 1. The van der Waals surface area contributed by atoms with Gasteiger partial charge in [-0.3, -0.25) is 4.90 Å². The lowest BCUT2D eigenvalue weighted by Crippen LogP contribution is -2.34. The molecule has 4 heterocycles. The lowest BCUT2D eigenvalue weighted by molar-refractivity contribution is 0.196. The molecule has 7 heteroatoms. The van der Waals surface area contributed by atoms with Crippen molar-refractivity contribution in [2.45, 2.75) is 32.2 Å². The van der Waals surface area contributed by atoms with E-state index >= 15 is 0 Å². The predicted octanol–water partition coefficient (Wildman–Crippen LogP) is 3.01. The van der Waals surface area contributed by atoms with Crippen LogP contribution < -0.4 is 0 Å². The maximum absolute atomic E-state index is 4.71. The van der Waals surface area contributed by atoms with Gasteiger partial charge in [-0.05, 0) is 32.4 Å². The fourth-order valence-electron chi connectivity index (χ4n) is 3.31. The maximum Gasteiger partial charge on any atom is 0.156 e. The van der Waals surface area contributed by atoms with Crippen molar-refractivity contribution in [2.24, 2.45) is 0 Å². The fraction of sp³-hybridized carbons (Fsp3) is 0.412. The number of hydrogen-bond acceptors (Lipinski definition) is 6. The molecule has 0 spiro atoms. The molecule has 0 aliphatic carbocycles. The average Bonchev–Trinajstić information content (AvgIpc) is 3.28. The second-order valence-electron chi connectivity index (χ2n) is 6.22. The molecule has 6 nitrogen and oxygen atoms in total. The highest BCUT2D eigenvalue weighted by Crippen LogP contribution is 2.28. The first-order chi connectivity index (χ1) is 11.8. The zero-order chi connectivity index (χ0) is 16.4. The van der Waals surface area contributed by atoms with Gasteiger partial charge >= 0.3 is 0 Å². The summed E-state index contributed by atoms with van der Waals surface area (Å²) in [4.78, 5) is 23.6. The van der Waals surface area contributed by atoms with Crippen molar-refractivity contribution < 1.29 is 0 Å². The molecule has 0 aromatic carbocycles. The highest BCUT2D eigenvalue weighted by atomic mass is 32.1. The van der Waals surface area contributed by atoms with Crippen LogP contribution in [0.3, 0.4) is 0 Å². The van der Waals surface area contributed by atoms with Crippen LogP contribution in [-0.2, 0) is 6.54 Å². The van der Waals surface area contributed by atoms with E-state index in [4.69, 9.17) is 4.98 Å². The Bertz CT molecular complexity index is 784. The van der Waals surface area contributed by atoms with Crippen LogP contribution >= 0.6 is 11.3 Å². The largest absolute Gasteiger partial charge is 0.343 e. The highest BCUT2D eigenvalue weighted by Gasteiger charge is 2.24. The van der Waals surface area contributed by atoms with Gasteiger partial charge in [-0.15, -0.1) is 11.3 Å². The third kappa shape index (κ3) is 3.37. The molecule has 0 bridgehead atoms. The summed E-state index contributed by atoms with van der Waals surface area (Å²) >= 11 is 1.66. The number of aromatic nitrogens is 5. The van der Waals surface area contributed by atoms with Gasteiger partial charge in [0.15, 0.2) is 5.82 Å². The van der Waals surface area contributed by atoms with E-state index in [0.717, 1.165) is 48.4 Å². The number of thiazole rings is 1. The Hall–Kier alpha value is -2.12. The number of likely N-dealkylation sites (tertiary alicyclic amines) is 1. The molecule has 4 rings (SSSR count). The monoisotopic (exact) mass is 340 g/mol. The molecule has 0 radical (unpaired) electrons. The SMILES string of the molecule is Cc1nc(-c2ncc[nH]2)cc([C@@H]2CCCN(Cc3cscn3)C2)n1. The van der Waals surface area contributed by atoms with Gasteiger partial charge < -0.3 is 4.98 Å². The van der Waals surface area contributed by atoms with E-state index < -0.39 is 0 Å². The molecule has 124 valence electrons. The van der Waals surface area contributed by atoms with Crippen LogP contribution in [0, 0.1) is 6.92 Å². The average molecular weight is 340 g/mol. The van der Waals surface area contributed by atoms with Gasteiger partial charge in [-0.25, -0.2) is 19.9 Å². The van der Waals surface area contributed by atoms with Crippen molar-refractivity contribution in [3.8, 4) is 11.5 Å². The van der Waals surface area contributed by atoms with Crippen molar-refractivity contribution in [1.29, 1.82) is 0 Å². The van der Waals surface area contributed by atoms with Gasteiger partial charge in [0.25, 0.3) is 0 Å². The number of piperidine rings is 1. The van der Waals surface area contributed by atoms with E-state index in [1.807, 2.05) is 18.6 Å². The molecule has 1 saturated heterocycles. The predicted molar refractivity (Wildman–Crippen MR) is 93.7 cm³/mol. The van der Waals surface area contributed by atoms with Gasteiger partial charge in [0.1, 0.15) is 11.5 Å². The van der Waals surface area contributed by atoms with Crippen LogP contribution in [0.5, 0.6) is 0 Å². The summed E-state index contributed by atoms with van der Waals surface area (Å²) in [6.07, 6.45) is 5.93. The second kappa shape index (κ2) is 6.78. The molecule has 0 saturated carbocycles. The smallest absolute Gasteiger partial charge is 0.156 e. The number of H-pyrrole nitrogens is 1. The minimum atomic E-state index is 0.438. The van der Waals surface area contributed by atoms with Crippen LogP contribution in [0.1, 0.15) is 36.0 Å². The first-order valence-corrected chi connectivity index (χ1v) is 9.17. The molecule has 3 aromatic rings. The summed E-state index contributed by atoms with van der Waals surface area (Å²) in [7, 11) is 0. The topological polar surface area (TPSA) is 70.6 Å². The minimum Gasteiger partial charge on any atom is -0.343 e. The zero-order valence-electron chi connectivity index (χ0n) is 13.6. The summed E-state index contributed by atoms with van der Waals surface area (Å²) in [6, 6.07) is 2.09. The van der Waals surface area contributed by atoms with E-state index in [1.54, 1.807) is 17.5 Å². The summed E-state index contributed by atoms with van der Waals surface area (Å²) in [5.41, 5.74) is 5.06. The molecule has 1 N–H and O–H groups in total. The lowest BCUT2D eigenvalue weighted by atomic mass is 9.94. The Labute approximate surface area is 145 Å². The van der Waals surface area contributed by atoms with Gasteiger partial charge in [-0.2, -0.15) is 0 Å². The van der Waals surface area contributed by atoms with Crippen molar-refractivity contribution >= 4 is 11.3 Å². The fourth-order valence-corrected chi connectivity index (χ4v) is 3.86. The van der Waals surface area contributed by atoms with Crippen LogP contribution in [0.2, 0.25) is 0 Å². The number of nitrogens with one attached hydrogen (secondary N) is 1. The molecule has 0 amide bonds. The molecule has 0 unspecified atom stereocenters. The molecule has 1 aliphatic heterocycles. The van der Waals surface area contributed by atoms with Gasteiger partial charge in [-0.1, -0.05) is 0 Å². The van der Waals surface area contributed by atoms with E-state index in [-0.39, 0.29) is 0 Å². The normalized spacial score (nSPS) is 18.8. The molecule has 1 fully saturated rings. The van der Waals surface area contributed by atoms with Crippen molar-refractivity contribution in [3.63, 3.8) is 0 Å². The molecular formula is C17H20N6S. The lowest BCUT2D eigenvalue weighted by Gasteiger charge is -2.32. The second-order valence-corrected chi connectivity index (χ2v) is 6.94. The van der Waals surface area contributed by atoms with Crippen LogP contribution in [0.25, 0.3) is 11.5 Å². The van der Waals surface area contributed by atoms with E-state index in [1.165, 1.54) is 12.8 Å². The van der Waals surface area contributed by atoms with Crippen molar-refractivity contribution in [3.05, 3.63) is 46.6 Å². The van der Waals surface area contributed by atoms with Gasteiger partial charge in [0.05, 0.1) is 11.2 Å². The molecule has 1 atom stereocenters. The summed E-state index contributed by atoms with van der Waals surface area (Å²) in [5.74, 6) is 2.04. The first kappa shape index (κ1) is 15.4. The van der Waals surface area contributed by atoms with Gasteiger partial charge in [0.2, 0.25) is 0 Å². The number of nitrogens with zero attached hydrogens (tertiary/aromatic N) is 5. The highest BCUT2D eigenvalue weighted by molar-refractivity contribution is 7.07. The number of aryl methyl sites for hydroxylation is 1. The molecule has 24 heavy (non-hydrogen) atoms. The van der Waals surface area contributed by atoms with Crippen molar-refractivity contribution in [1.82, 2.24) is 29.8 Å². The van der Waals surface area contributed by atoms with Gasteiger partial charge in [0, 0.05) is 42.5 Å². The quantitative estimate of drug-likeness (QED) is 0.790. The Morgan fingerprint density at radius 1 is 1.33 bits per heavy atom. The molecular weight excluding hydrogens is 320 g/mol. The zero-order valence-corrected chi connectivity index (χ0v) is 14.5. The minimum absolute atomic E-state index is 0.438. The standard InChI is InChI=1S/C17H20N6S/c1-12-21-15(7-16(22-12)17-18-4-5-19-17)13-3-2-6-23(8-13)9-14-10-24-11-20-14/h4-5,7,10-11,13H,2-3,6,8-9H2,1H3,(H,18,19)/t13-/m1/s1. The van der Waals surface area contributed by atoms with E-state index in [0.29, 0.717) is 5.92 Å². The number of hydrogen-bond donors (Lipinski definition) is 1. The Morgan fingerprint density at radius 3 is 3.08 bits per heavy atom. The summed E-state index contributed by atoms with van der Waals surface area (Å²) < 4.78 is 0. The molecule has 3 aromatic heterocycles. The van der Waals surface area contributed by atoms with E-state index in [2.05, 4.69) is 36.3 Å².